The molecule has 2 heterocycles. The lowest BCUT2D eigenvalue weighted by Gasteiger charge is -2.33. The van der Waals surface area contributed by atoms with Gasteiger partial charge in [-0.15, -0.1) is 0 Å². The number of carbonyl (C=O) groups is 2. The van der Waals surface area contributed by atoms with Gasteiger partial charge in [-0.05, 0) is 54.1 Å². The fourth-order valence-corrected chi connectivity index (χ4v) is 3.69. The molecule has 1 saturated heterocycles. The molecule has 0 spiro atoms. The number of aromatic amines is 1. The number of fused-ring (bicyclic) bond motifs is 1. The summed E-state index contributed by atoms with van der Waals surface area (Å²) in [4.78, 5) is 29.0. The summed E-state index contributed by atoms with van der Waals surface area (Å²) in [5.41, 5.74) is 3.04. The molecule has 1 fully saturated rings. The first-order valence-corrected chi connectivity index (χ1v) is 8.81. The van der Waals surface area contributed by atoms with Crippen molar-refractivity contribution in [2.45, 2.75) is 18.8 Å². The van der Waals surface area contributed by atoms with E-state index < -0.39 is 5.97 Å². The van der Waals surface area contributed by atoms with E-state index in [1.54, 1.807) is 12.1 Å². The maximum Gasteiger partial charge on any atom is 0.335 e. The third-order valence-corrected chi connectivity index (χ3v) is 5.14. The Bertz CT molecular complexity index is 959. The Kier molecular flexibility index (Phi) is 4.21. The Hall–Kier alpha value is -3.08. The highest BCUT2D eigenvalue weighted by Crippen LogP contribution is 2.28. The fraction of sp³-hybridized carbons (Fsp3) is 0.238. The van der Waals surface area contributed by atoms with Gasteiger partial charge in [0.25, 0.3) is 5.91 Å². The summed E-state index contributed by atoms with van der Waals surface area (Å²) in [7, 11) is 0. The van der Waals surface area contributed by atoms with Gasteiger partial charge in [-0.2, -0.15) is 0 Å². The normalized spacial score (nSPS) is 17.4. The molecule has 1 aliphatic rings. The molecule has 132 valence electrons. The van der Waals surface area contributed by atoms with E-state index in [0.29, 0.717) is 12.1 Å². The Morgan fingerprint density at radius 2 is 1.81 bits per heavy atom. The molecular formula is C21H20N2O3. The standard InChI is InChI=1S/C21H20N2O3/c24-20(17-8-5-15-9-10-22-19(15)12-17)23-11-1-2-18(13-23)14-3-6-16(7-4-14)21(25)26/h3-10,12,18,22H,1-2,11,13H2,(H,25,26)/t18-/m0/s1. The highest BCUT2D eigenvalue weighted by molar-refractivity contribution is 5.98. The molecule has 3 aromatic rings. The number of aromatic nitrogens is 1. The van der Waals surface area contributed by atoms with Crippen LogP contribution in [-0.4, -0.2) is 40.0 Å². The number of nitrogens with one attached hydrogen (secondary N) is 1. The molecule has 2 aromatic carbocycles. The Balaban J connectivity index is 1.52. The van der Waals surface area contributed by atoms with Crippen LogP contribution in [0.4, 0.5) is 0 Å². The number of carbonyl (C=O) groups excluding carboxylic acids is 1. The van der Waals surface area contributed by atoms with Crippen LogP contribution >= 0.6 is 0 Å². The van der Waals surface area contributed by atoms with Crippen LogP contribution in [0.5, 0.6) is 0 Å². The molecule has 1 aromatic heterocycles. The van der Waals surface area contributed by atoms with Crippen LogP contribution in [0.15, 0.2) is 54.7 Å². The Morgan fingerprint density at radius 1 is 1.04 bits per heavy atom. The molecule has 0 bridgehead atoms. The summed E-state index contributed by atoms with van der Waals surface area (Å²) in [6.45, 7) is 1.42. The SMILES string of the molecule is O=C(O)c1ccc([C@H]2CCCN(C(=O)c3ccc4cc[nH]c4c3)C2)cc1. The van der Waals surface area contributed by atoms with Crippen LogP contribution in [0, 0.1) is 0 Å². The molecule has 1 atom stereocenters. The molecule has 0 unspecified atom stereocenters. The number of aromatic carboxylic acids is 1. The zero-order valence-corrected chi connectivity index (χ0v) is 14.3. The van der Waals surface area contributed by atoms with Crippen LogP contribution < -0.4 is 0 Å². The van der Waals surface area contributed by atoms with E-state index in [-0.39, 0.29) is 17.4 Å². The lowest BCUT2D eigenvalue weighted by Crippen LogP contribution is -2.39. The number of benzene rings is 2. The summed E-state index contributed by atoms with van der Waals surface area (Å²) in [6.07, 6.45) is 3.82. The van der Waals surface area contributed by atoms with Crippen LogP contribution in [0.2, 0.25) is 0 Å². The second-order valence-corrected chi connectivity index (χ2v) is 6.80. The summed E-state index contributed by atoms with van der Waals surface area (Å²) in [6, 6.07) is 14.7. The number of rotatable bonds is 3. The Morgan fingerprint density at radius 3 is 2.58 bits per heavy atom. The maximum atomic E-state index is 12.9. The van der Waals surface area contributed by atoms with Gasteiger partial charge in [0.05, 0.1) is 5.56 Å². The summed E-state index contributed by atoms with van der Waals surface area (Å²) >= 11 is 0. The van der Waals surface area contributed by atoms with E-state index >= 15 is 0 Å². The zero-order chi connectivity index (χ0) is 18.1. The van der Waals surface area contributed by atoms with Gasteiger partial charge < -0.3 is 15.0 Å². The quantitative estimate of drug-likeness (QED) is 0.754. The monoisotopic (exact) mass is 348 g/mol. The van der Waals surface area contributed by atoms with Gasteiger partial charge in [-0.3, -0.25) is 4.79 Å². The number of carboxylic acids is 1. The molecule has 1 aliphatic heterocycles. The highest BCUT2D eigenvalue weighted by Gasteiger charge is 2.25. The summed E-state index contributed by atoms with van der Waals surface area (Å²) in [5.74, 6) is -0.630. The van der Waals surface area contributed by atoms with Crippen molar-refractivity contribution in [2.24, 2.45) is 0 Å². The van der Waals surface area contributed by atoms with Crippen molar-refractivity contribution in [3.05, 3.63) is 71.4 Å². The highest BCUT2D eigenvalue weighted by atomic mass is 16.4. The first-order chi connectivity index (χ1) is 12.6. The minimum absolute atomic E-state index is 0.0494. The van der Waals surface area contributed by atoms with Gasteiger partial charge >= 0.3 is 5.97 Å². The van der Waals surface area contributed by atoms with Crippen LogP contribution in [0.1, 0.15) is 45.0 Å². The number of hydrogen-bond acceptors (Lipinski definition) is 2. The number of amides is 1. The maximum absolute atomic E-state index is 12.9. The van der Waals surface area contributed by atoms with Gasteiger partial charge in [0.1, 0.15) is 0 Å². The average molecular weight is 348 g/mol. The number of H-pyrrole nitrogens is 1. The Labute approximate surface area is 151 Å². The van der Waals surface area contributed by atoms with E-state index in [4.69, 9.17) is 5.11 Å². The fourth-order valence-electron chi connectivity index (χ4n) is 3.69. The van der Waals surface area contributed by atoms with Crippen molar-refractivity contribution >= 4 is 22.8 Å². The number of nitrogens with zero attached hydrogens (tertiary/aromatic N) is 1. The first kappa shape index (κ1) is 16.4. The summed E-state index contributed by atoms with van der Waals surface area (Å²) < 4.78 is 0. The summed E-state index contributed by atoms with van der Waals surface area (Å²) in [5, 5.41) is 10.1. The second kappa shape index (κ2) is 6.67. The van der Waals surface area contributed by atoms with Gasteiger partial charge in [0.15, 0.2) is 0 Å². The van der Waals surface area contributed by atoms with Crippen LogP contribution in [0.25, 0.3) is 10.9 Å². The smallest absolute Gasteiger partial charge is 0.335 e. The molecule has 0 aliphatic carbocycles. The van der Waals surface area contributed by atoms with Gasteiger partial charge in [0.2, 0.25) is 0 Å². The van der Waals surface area contributed by atoms with Gasteiger partial charge in [0, 0.05) is 36.3 Å². The molecule has 1 amide bonds. The van der Waals surface area contributed by atoms with E-state index in [2.05, 4.69) is 4.98 Å². The van der Waals surface area contributed by atoms with E-state index in [0.717, 1.165) is 35.9 Å². The number of likely N-dealkylation sites (tertiary alicyclic amines) is 1. The van der Waals surface area contributed by atoms with Crippen molar-refractivity contribution < 1.29 is 14.7 Å². The molecule has 26 heavy (non-hydrogen) atoms. The number of hydrogen-bond donors (Lipinski definition) is 2. The van der Waals surface area contributed by atoms with Crippen molar-refractivity contribution in [1.29, 1.82) is 0 Å². The zero-order valence-electron chi connectivity index (χ0n) is 14.3. The molecule has 4 rings (SSSR count). The molecule has 0 radical (unpaired) electrons. The largest absolute Gasteiger partial charge is 0.478 e. The van der Waals surface area contributed by atoms with Crippen LogP contribution in [0.3, 0.4) is 0 Å². The minimum atomic E-state index is -0.920. The predicted octanol–water partition coefficient (Wildman–Crippen LogP) is 3.89. The molecular weight excluding hydrogens is 328 g/mol. The van der Waals surface area contributed by atoms with Crippen molar-refractivity contribution in [2.75, 3.05) is 13.1 Å². The third kappa shape index (κ3) is 3.08. The average Bonchev–Trinajstić information content (AvgIpc) is 3.15. The van der Waals surface area contributed by atoms with Gasteiger partial charge in [-0.1, -0.05) is 18.2 Å². The molecule has 5 nitrogen and oxygen atoms in total. The first-order valence-electron chi connectivity index (χ1n) is 8.81. The molecule has 2 N–H and O–H groups in total. The van der Waals surface area contributed by atoms with Crippen molar-refractivity contribution in [1.82, 2.24) is 9.88 Å². The van der Waals surface area contributed by atoms with E-state index in [9.17, 15) is 9.59 Å². The predicted molar refractivity (Wildman–Crippen MR) is 99.6 cm³/mol. The van der Waals surface area contributed by atoms with E-state index in [1.807, 2.05) is 47.5 Å². The topological polar surface area (TPSA) is 73.4 Å². The minimum Gasteiger partial charge on any atom is -0.478 e. The van der Waals surface area contributed by atoms with Gasteiger partial charge in [-0.25, -0.2) is 4.79 Å². The van der Waals surface area contributed by atoms with Crippen LogP contribution in [-0.2, 0) is 0 Å². The second-order valence-electron chi connectivity index (χ2n) is 6.80. The molecule has 5 heteroatoms. The number of piperidine rings is 1. The lowest BCUT2D eigenvalue weighted by molar-refractivity contribution is 0.0693. The third-order valence-electron chi connectivity index (χ3n) is 5.14. The molecule has 0 saturated carbocycles. The lowest BCUT2D eigenvalue weighted by atomic mass is 9.90. The van der Waals surface area contributed by atoms with E-state index in [1.165, 1.54) is 0 Å². The number of carboxylic acid groups (broad SMARTS) is 1. The van der Waals surface area contributed by atoms with Crippen molar-refractivity contribution in [3.8, 4) is 0 Å². The van der Waals surface area contributed by atoms with Crippen molar-refractivity contribution in [3.63, 3.8) is 0 Å².